The summed E-state index contributed by atoms with van der Waals surface area (Å²) in [6.45, 7) is 0.986. The highest BCUT2D eigenvalue weighted by Gasteiger charge is 2.20. The molecule has 96 valence electrons. The Bertz CT molecular complexity index is 544. The van der Waals surface area contributed by atoms with E-state index in [1.54, 1.807) is 0 Å². The molecular weight excluding hydrogens is 308 g/mol. The molecule has 0 radical (unpaired) electrons. The van der Waals surface area contributed by atoms with E-state index in [1.807, 2.05) is 11.3 Å². The summed E-state index contributed by atoms with van der Waals surface area (Å²) < 4.78 is 3.52. The van der Waals surface area contributed by atoms with Gasteiger partial charge in [0.15, 0.2) is 0 Å². The zero-order valence-electron chi connectivity index (χ0n) is 10.4. The van der Waals surface area contributed by atoms with Gasteiger partial charge in [-0.2, -0.15) is 0 Å². The molecule has 1 atom stereocenters. The molecule has 0 bridgehead atoms. The van der Waals surface area contributed by atoms with Crippen LogP contribution in [-0.2, 0) is 13.0 Å². The molecule has 1 N–H and O–H groups in total. The summed E-state index contributed by atoms with van der Waals surface area (Å²) in [7, 11) is 2.06. The van der Waals surface area contributed by atoms with Crippen molar-refractivity contribution in [3.63, 3.8) is 0 Å². The van der Waals surface area contributed by atoms with Crippen molar-refractivity contribution in [1.29, 1.82) is 0 Å². The first-order valence-corrected chi connectivity index (χ1v) is 8.02. The fourth-order valence-corrected chi connectivity index (χ4v) is 4.21. The van der Waals surface area contributed by atoms with Gasteiger partial charge in [0, 0.05) is 33.2 Å². The van der Waals surface area contributed by atoms with Crippen molar-refractivity contribution < 1.29 is 0 Å². The van der Waals surface area contributed by atoms with Crippen molar-refractivity contribution in [3.05, 3.63) is 44.3 Å². The second-order valence-corrected chi connectivity index (χ2v) is 6.79. The van der Waals surface area contributed by atoms with E-state index in [0.717, 1.165) is 6.54 Å². The summed E-state index contributed by atoms with van der Waals surface area (Å²) in [6.07, 6.45) is 8.44. The first-order valence-electron chi connectivity index (χ1n) is 6.35. The molecule has 0 fully saturated rings. The standard InChI is InChI=1S/C14H17BrN2S/c1-16-14-4-2-3-10-6-17(8-13(10)14)7-12-5-11(15)9-18-12/h5-6,8-9,14,16H,2-4,7H2,1H3. The lowest BCUT2D eigenvalue weighted by molar-refractivity contribution is 0.498. The lowest BCUT2D eigenvalue weighted by atomic mass is 9.91. The predicted molar refractivity (Wildman–Crippen MR) is 80.3 cm³/mol. The highest BCUT2D eigenvalue weighted by molar-refractivity contribution is 9.10. The number of hydrogen-bond acceptors (Lipinski definition) is 2. The van der Waals surface area contributed by atoms with E-state index in [2.05, 4.69) is 56.7 Å². The number of nitrogens with zero attached hydrogens (tertiary/aromatic N) is 1. The van der Waals surface area contributed by atoms with Gasteiger partial charge in [0.1, 0.15) is 0 Å². The average Bonchev–Trinajstić information content (AvgIpc) is 2.94. The normalized spacial score (nSPS) is 18.9. The molecule has 0 aromatic carbocycles. The number of halogens is 1. The first kappa shape index (κ1) is 12.5. The van der Waals surface area contributed by atoms with Gasteiger partial charge in [0.2, 0.25) is 0 Å². The molecule has 0 saturated carbocycles. The van der Waals surface area contributed by atoms with Crippen molar-refractivity contribution in [1.82, 2.24) is 9.88 Å². The largest absolute Gasteiger partial charge is 0.348 e. The van der Waals surface area contributed by atoms with Crippen molar-refractivity contribution in [3.8, 4) is 0 Å². The monoisotopic (exact) mass is 324 g/mol. The highest BCUT2D eigenvalue weighted by atomic mass is 79.9. The van der Waals surface area contributed by atoms with Gasteiger partial charge >= 0.3 is 0 Å². The molecule has 1 aliphatic rings. The molecule has 0 spiro atoms. The molecule has 0 amide bonds. The highest BCUT2D eigenvalue weighted by Crippen LogP contribution is 2.31. The van der Waals surface area contributed by atoms with Gasteiger partial charge in [0.05, 0.1) is 6.54 Å². The van der Waals surface area contributed by atoms with E-state index in [-0.39, 0.29) is 0 Å². The van der Waals surface area contributed by atoms with Gasteiger partial charge in [-0.1, -0.05) is 0 Å². The second kappa shape index (κ2) is 5.19. The third-order valence-electron chi connectivity index (χ3n) is 3.62. The Balaban J connectivity index is 1.84. The second-order valence-electron chi connectivity index (χ2n) is 4.88. The van der Waals surface area contributed by atoms with E-state index >= 15 is 0 Å². The number of nitrogens with one attached hydrogen (secondary N) is 1. The maximum atomic E-state index is 3.51. The SMILES string of the molecule is CNC1CCCc2cn(Cc3cc(Br)cs3)cc21. The zero-order chi connectivity index (χ0) is 12.5. The van der Waals surface area contributed by atoms with Crippen molar-refractivity contribution in [2.75, 3.05) is 7.05 Å². The number of fused-ring (bicyclic) bond motifs is 1. The Hall–Kier alpha value is -0.580. The maximum absolute atomic E-state index is 3.51. The molecule has 2 aromatic heterocycles. The Labute approximate surface area is 120 Å². The number of hydrogen-bond donors (Lipinski definition) is 1. The number of aromatic nitrogens is 1. The summed E-state index contributed by atoms with van der Waals surface area (Å²) in [5, 5.41) is 5.57. The third kappa shape index (κ3) is 2.42. The molecular formula is C14H17BrN2S. The van der Waals surface area contributed by atoms with Crippen LogP contribution in [0.4, 0.5) is 0 Å². The first-order chi connectivity index (χ1) is 8.76. The molecule has 2 nitrogen and oxygen atoms in total. The number of aryl methyl sites for hydroxylation is 1. The smallest absolute Gasteiger partial charge is 0.0564 e. The molecule has 0 aliphatic heterocycles. The predicted octanol–water partition coefficient (Wildman–Crippen LogP) is 3.96. The van der Waals surface area contributed by atoms with Crippen LogP contribution >= 0.6 is 27.3 Å². The van der Waals surface area contributed by atoms with Gasteiger partial charge in [0.25, 0.3) is 0 Å². The number of rotatable bonds is 3. The van der Waals surface area contributed by atoms with E-state index in [4.69, 9.17) is 0 Å². The Morgan fingerprint density at radius 1 is 1.50 bits per heavy atom. The van der Waals surface area contributed by atoms with E-state index < -0.39 is 0 Å². The van der Waals surface area contributed by atoms with E-state index in [1.165, 1.54) is 39.7 Å². The van der Waals surface area contributed by atoms with Crippen LogP contribution in [0.3, 0.4) is 0 Å². The molecule has 1 aliphatic carbocycles. The van der Waals surface area contributed by atoms with Gasteiger partial charge in [-0.3, -0.25) is 0 Å². The quantitative estimate of drug-likeness (QED) is 0.904. The zero-order valence-corrected chi connectivity index (χ0v) is 12.9. The summed E-state index contributed by atoms with van der Waals surface area (Å²) in [6, 6.07) is 2.75. The van der Waals surface area contributed by atoms with Crippen LogP contribution in [0.25, 0.3) is 0 Å². The van der Waals surface area contributed by atoms with Crippen LogP contribution in [-0.4, -0.2) is 11.6 Å². The van der Waals surface area contributed by atoms with Gasteiger partial charge in [-0.05, 0) is 59.4 Å². The Morgan fingerprint density at radius 3 is 3.11 bits per heavy atom. The summed E-state index contributed by atoms with van der Waals surface area (Å²) in [5.41, 5.74) is 3.02. The van der Waals surface area contributed by atoms with E-state index in [0.29, 0.717) is 6.04 Å². The lowest BCUT2D eigenvalue weighted by Crippen LogP contribution is -2.20. The summed E-state index contributed by atoms with van der Waals surface area (Å²) in [4.78, 5) is 1.40. The topological polar surface area (TPSA) is 17.0 Å². The van der Waals surface area contributed by atoms with Crippen LogP contribution in [0.15, 0.2) is 28.3 Å². The molecule has 3 rings (SSSR count). The molecule has 4 heteroatoms. The maximum Gasteiger partial charge on any atom is 0.0564 e. The van der Waals surface area contributed by atoms with Crippen LogP contribution in [0.2, 0.25) is 0 Å². The minimum atomic E-state index is 0.546. The molecule has 2 aromatic rings. The van der Waals surface area contributed by atoms with Crippen LogP contribution < -0.4 is 5.32 Å². The minimum Gasteiger partial charge on any atom is -0.348 e. The van der Waals surface area contributed by atoms with Gasteiger partial charge in [-0.25, -0.2) is 0 Å². The van der Waals surface area contributed by atoms with Gasteiger partial charge < -0.3 is 9.88 Å². The average molecular weight is 325 g/mol. The Morgan fingerprint density at radius 2 is 2.39 bits per heavy atom. The van der Waals surface area contributed by atoms with Crippen molar-refractivity contribution in [2.45, 2.75) is 31.8 Å². The number of thiophene rings is 1. The Kier molecular flexibility index (Phi) is 3.59. The van der Waals surface area contributed by atoms with Crippen LogP contribution in [0.5, 0.6) is 0 Å². The van der Waals surface area contributed by atoms with Crippen LogP contribution in [0.1, 0.15) is 34.9 Å². The minimum absolute atomic E-state index is 0.546. The fourth-order valence-electron chi connectivity index (χ4n) is 2.76. The van der Waals surface area contributed by atoms with Gasteiger partial charge in [-0.15, -0.1) is 11.3 Å². The van der Waals surface area contributed by atoms with Crippen molar-refractivity contribution in [2.24, 2.45) is 0 Å². The molecule has 18 heavy (non-hydrogen) atoms. The summed E-state index contributed by atoms with van der Waals surface area (Å²) in [5.74, 6) is 0. The summed E-state index contributed by atoms with van der Waals surface area (Å²) >= 11 is 5.33. The molecule has 0 saturated heterocycles. The van der Waals surface area contributed by atoms with E-state index in [9.17, 15) is 0 Å². The fraction of sp³-hybridized carbons (Fsp3) is 0.429. The third-order valence-corrected chi connectivity index (χ3v) is 5.30. The van der Waals surface area contributed by atoms with Crippen molar-refractivity contribution >= 4 is 27.3 Å². The molecule has 2 heterocycles. The lowest BCUT2D eigenvalue weighted by Gasteiger charge is -2.21. The van der Waals surface area contributed by atoms with Crippen LogP contribution in [0, 0.1) is 0 Å². The molecule has 1 unspecified atom stereocenters.